The number of hydrogen-bond acceptors (Lipinski definition) is 2. The van der Waals surface area contributed by atoms with Gasteiger partial charge in [-0.05, 0) is 49.5 Å². The molecule has 0 saturated heterocycles. The zero-order chi connectivity index (χ0) is 12.8. The molecule has 0 unspecified atom stereocenters. The van der Waals surface area contributed by atoms with E-state index in [-0.39, 0.29) is 11.3 Å². The Kier molecular flexibility index (Phi) is 3.19. The van der Waals surface area contributed by atoms with E-state index in [0.29, 0.717) is 11.7 Å². The van der Waals surface area contributed by atoms with Gasteiger partial charge in [0.1, 0.15) is 0 Å². The third-order valence-corrected chi connectivity index (χ3v) is 4.86. The van der Waals surface area contributed by atoms with Crippen LogP contribution in [0.5, 0.6) is 0 Å². The van der Waals surface area contributed by atoms with E-state index in [1.54, 1.807) is 0 Å². The van der Waals surface area contributed by atoms with E-state index in [1.807, 2.05) is 6.92 Å². The first-order valence-corrected chi connectivity index (χ1v) is 6.80. The van der Waals surface area contributed by atoms with E-state index in [2.05, 4.69) is 20.8 Å². The van der Waals surface area contributed by atoms with Crippen LogP contribution in [-0.2, 0) is 4.79 Å². The second kappa shape index (κ2) is 4.24. The number of rotatable bonds is 1. The van der Waals surface area contributed by atoms with E-state index in [1.165, 1.54) is 0 Å². The summed E-state index contributed by atoms with van der Waals surface area (Å²) >= 11 is 0. The molecule has 2 aliphatic rings. The third-order valence-electron chi connectivity index (χ3n) is 4.86. The fourth-order valence-corrected chi connectivity index (χ4v) is 3.61. The summed E-state index contributed by atoms with van der Waals surface area (Å²) in [6.45, 7) is 8.39. The Morgan fingerprint density at radius 1 is 1.29 bits per heavy atom. The summed E-state index contributed by atoms with van der Waals surface area (Å²) in [5.41, 5.74) is 1.93. The minimum Gasteiger partial charge on any atom is -0.389 e. The molecule has 0 spiro atoms. The number of fused-ring (bicyclic) bond motifs is 1. The van der Waals surface area contributed by atoms with Gasteiger partial charge in [-0.25, -0.2) is 0 Å². The fourth-order valence-electron chi connectivity index (χ4n) is 3.61. The SMILES string of the molecule is CC1=C2C(=O)[C@H](C(C)C)CC[C@@]2(C)CC[C@H]1O. The number of ketones is 1. The Balaban J connectivity index is 2.43. The van der Waals surface area contributed by atoms with Gasteiger partial charge >= 0.3 is 0 Å². The predicted molar refractivity (Wildman–Crippen MR) is 68.6 cm³/mol. The third kappa shape index (κ3) is 1.97. The molecule has 0 aliphatic heterocycles. The largest absolute Gasteiger partial charge is 0.389 e. The van der Waals surface area contributed by atoms with Crippen LogP contribution in [0.2, 0.25) is 0 Å². The lowest BCUT2D eigenvalue weighted by Gasteiger charge is -2.45. The highest BCUT2D eigenvalue weighted by Crippen LogP contribution is 2.50. The van der Waals surface area contributed by atoms with Crippen molar-refractivity contribution >= 4 is 5.78 Å². The van der Waals surface area contributed by atoms with Crippen molar-refractivity contribution in [2.45, 2.75) is 59.5 Å². The zero-order valence-electron chi connectivity index (χ0n) is 11.4. The van der Waals surface area contributed by atoms with Gasteiger partial charge in [0.05, 0.1) is 6.10 Å². The molecular formula is C15H24O2. The van der Waals surface area contributed by atoms with E-state index in [9.17, 15) is 9.90 Å². The molecule has 2 aliphatic carbocycles. The standard InChI is InChI=1S/C15H24O2/c1-9(2)11-5-7-15(4)8-6-12(16)10(3)13(15)14(11)17/h9,11-12,16H,5-8H2,1-4H3/t11-,12+,15-/m0/s1. The predicted octanol–water partition coefficient (Wildman–Crippen LogP) is 3.10. The summed E-state index contributed by atoms with van der Waals surface area (Å²) in [5.74, 6) is 0.884. The first kappa shape index (κ1) is 12.8. The zero-order valence-corrected chi connectivity index (χ0v) is 11.4. The number of Topliss-reactive ketones (excluding diaryl/α,β-unsaturated/α-hetero) is 1. The molecule has 2 heteroatoms. The topological polar surface area (TPSA) is 37.3 Å². The van der Waals surface area contributed by atoms with Crippen LogP contribution in [0.1, 0.15) is 53.4 Å². The van der Waals surface area contributed by atoms with Gasteiger partial charge in [0.15, 0.2) is 5.78 Å². The molecule has 0 amide bonds. The molecule has 0 heterocycles. The second-order valence-electron chi connectivity index (χ2n) is 6.43. The molecule has 17 heavy (non-hydrogen) atoms. The Morgan fingerprint density at radius 2 is 1.88 bits per heavy atom. The molecule has 96 valence electrons. The highest BCUT2D eigenvalue weighted by molar-refractivity contribution is 6.00. The van der Waals surface area contributed by atoms with Crippen molar-refractivity contribution in [3.8, 4) is 0 Å². The van der Waals surface area contributed by atoms with Crippen molar-refractivity contribution < 1.29 is 9.90 Å². The van der Waals surface area contributed by atoms with E-state index < -0.39 is 6.10 Å². The Morgan fingerprint density at radius 3 is 2.47 bits per heavy atom. The van der Waals surface area contributed by atoms with Gasteiger partial charge in [0.2, 0.25) is 0 Å². The van der Waals surface area contributed by atoms with E-state index in [0.717, 1.165) is 36.8 Å². The molecule has 0 aromatic heterocycles. The molecule has 0 aromatic rings. The molecule has 1 saturated carbocycles. The number of carbonyl (C=O) groups is 1. The van der Waals surface area contributed by atoms with Crippen molar-refractivity contribution in [2.24, 2.45) is 17.3 Å². The average molecular weight is 236 g/mol. The van der Waals surface area contributed by atoms with Crippen LogP contribution in [0, 0.1) is 17.3 Å². The summed E-state index contributed by atoms with van der Waals surface area (Å²) in [6.07, 6.45) is 3.48. The van der Waals surface area contributed by atoms with Crippen LogP contribution < -0.4 is 0 Å². The van der Waals surface area contributed by atoms with Crippen LogP contribution in [-0.4, -0.2) is 17.0 Å². The van der Waals surface area contributed by atoms with Gasteiger partial charge < -0.3 is 5.11 Å². The van der Waals surface area contributed by atoms with Crippen LogP contribution in [0.25, 0.3) is 0 Å². The summed E-state index contributed by atoms with van der Waals surface area (Å²) in [5, 5.41) is 9.96. The highest BCUT2D eigenvalue weighted by atomic mass is 16.3. The Bertz CT molecular complexity index is 367. The fraction of sp³-hybridized carbons (Fsp3) is 0.800. The number of aliphatic hydroxyl groups is 1. The maximum Gasteiger partial charge on any atom is 0.162 e. The summed E-state index contributed by atoms with van der Waals surface area (Å²) in [6, 6.07) is 0. The second-order valence-corrected chi connectivity index (χ2v) is 6.43. The van der Waals surface area contributed by atoms with Crippen LogP contribution >= 0.6 is 0 Å². The van der Waals surface area contributed by atoms with Gasteiger partial charge in [0.25, 0.3) is 0 Å². The smallest absolute Gasteiger partial charge is 0.162 e. The minimum absolute atomic E-state index is 0.0335. The summed E-state index contributed by atoms with van der Waals surface area (Å²) in [4.78, 5) is 12.6. The van der Waals surface area contributed by atoms with Crippen LogP contribution in [0.4, 0.5) is 0 Å². The van der Waals surface area contributed by atoms with E-state index in [4.69, 9.17) is 0 Å². The van der Waals surface area contributed by atoms with Crippen molar-refractivity contribution in [3.63, 3.8) is 0 Å². The Hall–Kier alpha value is -0.630. The quantitative estimate of drug-likeness (QED) is 0.759. The average Bonchev–Trinajstić information content (AvgIpc) is 2.24. The van der Waals surface area contributed by atoms with Crippen LogP contribution in [0.3, 0.4) is 0 Å². The van der Waals surface area contributed by atoms with E-state index >= 15 is 0 Å². The molecule has 3 atom stereocenters. The number of aliphatic hydroxyl groups excluding tert-OH is 1. The summed E-state index contributed by atoms with van der Waals surface area (Å²) in [7, 11) is 0. The molecular weight excluding hydrogens is 212 g/mol. The minimum atomic E-state index is -0.395. The normalized spacial score (nSPS) is 38.6. The van der Waals surface area contributed by atoms with Crippen molar-refractivity contribution in [1.82, 2.24) is 0 Å². The molecule has 1 N–H and O–H groups in total. The maximum atomic E-state index is 12.6. The van der Waals surface area contributed by atoms with Crippen molar-refractivity contribution in [1.29, 1.82) is 0 Å². The maximum absolute atomic E-state index is 12.6. The number of carbonyl (C=O) groups excluding carboxylic acids is 1. The van der Waals surface area contributed by atoms with Gasteiger partial charge in [-0.2, -0.15) is 0 Å². The van der Waals surface area contributed by atoms with Crippen LogP contribution in [0.15, 0.2) is 11.1 Å². The molecule has 1 fully saturated rings. The number of hydrogen-bond donors (Lipinski definition) is 1. The first-order valence-electron chi connectivity index (χ1n) is 6.80. The highest BCUT2D eigenvalue weighted by Gasteiger charge is 2.45. The first-order chi connectivity index (χ1) is 7.87. The lowest BCUT2D eigenvalue weighted by molar-refractivity contribution is -0.124. The number of allylic oxidation sites excluding steroid dienone is 1. The molecule has 0 radical (unpaired) electrons. The summed E-state index contributed by atoms with van der Waals surface area (Å²) < 4.78 is 0. The van der Waals surface area contributed by atoms with Gasteiger partial charge in [-0.3, -0.25) is 4.79 Å². The van der Waals surface area contributed by atoms with Gasteiger partial charge in [0, 0.05) is 11.5 Å². The lowest BCUT2D eigenvalue weighted by atomic mass is 9.59. The monoisotopic (exact) mass is 236 g/mol. The van der Waals surface area contributed by atoms with Gasteiger partial charge in [-0.1, -0.05) is 20.8 Å². The van der Waals surface area contributed by atoms with Crippen molar-refractivity contribution in [2.75, 3.05) is 0 Å². The lowest BCUT2D eigenvalue weighted by Crippen LogP contribution is -2.42. The Labute approximate surface area is 104 Å². The molecule has 0 aromatic carbocycles. The van der Waals surface area contributed by atoms with Gasteiger partial charge in [-0.15, -0.1) is 0 Å². The molecule has 2 nitrogen and oxygen atoms in total. The molecule has 2 rings (SSSR count). The molecule has 0 bridgehead atoms. The van der Waals surface area contributed by atoms with Crippen molar-refractivity contribution in [3.05, 3.63) is 11.1 Å².